The lowest BCUT2D eigenvalue weighted by molar-refractivity contribution is -0.694. The minimum absolute atomic E-state index is 0. The molecule has 0 aliphatic heterocycles. The monoisotopic (exact) mass is 552 g/mol. The van der Waals surface area contributed by atoms with Crippen LogP contribution in [0.5, 0.6) is 0 Å². The molecule has 1 aromatic heterocycles. The lowest BCUT2D eigenvalue weighted by Crippen LogP contribution is -3.00. The average molecular weight is 553 g/mol. The molecule has 4 rings (SSSR count). The number of benzene rings is 2. The van der Waals surface area contributed by atoms with Crippen molar-refractivity contribution in [2.75, 3.05) is 6.61 Å². The van der Waals surface area contributed by atoms with E-state index in [0.717, 1.165) is 23.5 Å². The Morgan fingerprint density at radius 2 is 1.89 bits per heavy atom. The standard InChI is InChI=1S/C26H28F3N2O3.BrH/c1-19-30(13-14-31(19)18-20-5-3-2-4-6-20)15-16-34-24(32)26(33,21-7-9-23(27)10-8-21)22-11-12-25(28,29)17-22;/h2-10,13-14,22,33H,11-12,15-18H2,1H3;1H/q+1;/p-1/t22-,26+;/m1./s1. The highest BCUT2D eigenvalue weighted by Crippen LogP contribution is 2.47. The molecule has 3 aromatic rings. The molecule has 2 aromatic carbocycles. The van der Waals surface area contributed by atoms with E-state index in [2.05, 4.69) is 4.57 Å². The van der Waals surface area contributed by atoms with Gasteiger partial charge in [-0.3, -0.25) is 0 Å². The van der Waals surface area contributed by atoms with E-state index in [4.69, 9.17) is 4.74 Å². The van der Waals surface area contributed by atoms with E-state index in [0.29, 0.717) is 13.1 Å². The Morgan fingerprint density at radius 1 is 1.20 bits per heavy atom. The maximum absolute atomic E-state index is 13.9. The Morgan fingerprint density at radius 3 is 2.51 bits per heavy atom. The van der Waals surface area contributed by atoms with E-state index >= 15 is 0 Å². The SMILES string of the molecule is Cc1n(CCOC(=O)[C@](O)(c2ccc(F)cc2)[C@@H]2CCC(F)(F)C2)cc[n+]1Cc1ccccc1.[Br-]. The molecule has 1 aliphatic carbocycles. The van der Waals surface area contributed by atoms with Gasteiger partial charge in [0.25, 0.3) is 5.82 Å². The van der Waals surface area contributed by atoms with Crippen molar-refractivity contribution in [3.8, 4) is 0 Å². The number of hydrogen-bond acceptors (Lipinski definition) is 3. The molecular formula is C26H28BrF3N2O3. The molecule has 9 heteroatoms. The van der Waals surface area contributed by atoms with Crippen molar-refractivity contribution in [2.24, 2.45) is 5.92 Å². The molecule has 0 unspecified atom stereocenters. The number of carbonyl (C=O) groups is 1. The normalized spacial score (nSPS) is 18.5. The van der Waals surface area contributed by atoms with Crippen molar-refractivity contribution >= 4 is 5.97 Å². The quantitative estimate of drug-likeness (QED) is 0.337. The third-order valence-corrected chi connectivity index (χ3v) is 6.61. The first-order valence-electron chi connectivity index (χ1n) is 11.3. The summed E-state index contributed by atoms with van der Waals surface area (Å²) in [5.74, 6) is -4.59. The highest BCUT2D eigenvalue weighted by atomic mass is 79.9. The summed E-state index contributed by atoms with van der Waals surface area (Å²) < 4.78 is 50.6. The van der Waals surface area contributed by atoms with Crippen LogP contribution in [0.4, 0.5) is 13.2 Å². The van der Waals surface area contributed by atoms with Crippen molar-refractivity contribution in [2.45, 2.75) is 50.8 Å². The molecule has 0 saturated heterocycles. The Bertz CT molecular complexity index is 1140. The molecule has 1 aliphatic rings. The number of carbonyl (C=O) groups excluding carboxylic acids is 1. The van der Waals surface area contributed by atoms with Crippen molar-refractivity contribution in [1.29, 1.82) is 0 Å². The molecule has 0 amide bonds. The van der Waals surface area contributed by atoms with Crippen LogP contribution in [-0.2, 0) is 28.2 Å². The maximum atomic E-state index is 13.9. The molecule has 1 heterocycles. The number of halogens is 4. The van der Waals surface area contributed by atoms with Gasteiger partial charge in [-0.1, -0.05) is 42.5 Å². The predicted octanol–water partition coefficient (Wildman–Crippen LogP) is 1.14. The molecule has 1 N–H and O–H groups in total. The van der Waals surface area contributed by atoms with Gasteiger partial charge in [0.15, 0.2) is 5.60 Å². The van der Waals surface area contributed by atoms with Gasteiger partial charge in [-0.05, 0) is 29.7 Å². The Kier molecular flexibility index (Phi) is 8.43. The summed E-state index contributed by atoms with van der Waals surface area (Å²) >= 11 is 0. The second kappa shape index (κ2) is 11.0. The number of aliphatic hydroxyl groups is 1. The molecule has 5 nitrogen and oxygen atoms in total. The fourth-order valence-electron chi connectivity index (χ4n) is 4.60. The maximum Gasteiger partial charge on any atom is 0.343 e. The second-order valence-corrected chi connectivity index (χ2v) is 8.86. The lowest BCUT2D eigenvalue weighted by atomic mass is 9.80. The summed E-state index contributed by atoms with van der Waals surface area (Å²) in [6.07, 6.45) is 2.71. The number of ether oxygens (including phenoxy) is 1. The van der Waals surface area contributed by atoms with E-state index in [1.165, 1.54) is 12.1 Å². The van der Waals surface area contributed by atoms with Gasteiger partial charge < -0.3 is 26.8 Å². The first-order valence-corrected chi connectivity index (χ1v) is 11.3. The van der Waals surface area contributed by atoms with Crippen molar-refractivity contribution in [3.05, 3.63) is 89.8 Å². The summed E-state index contributed by atoms with van der Waals surface area (Å²) in [5, 5.41) is 11.4. The summed E-state index contributed by atoms with van der Waals surface area (Å²) in [6.45, 7) is 2.92. The molecule has 1 saturated carbocycles. The van der Waals surface area contributed by atoms with Crippen LogP contribution < -0.4 is 21.5 Å². The first-order chi connectivity index (χ1) is 16.2. The van der Waals surface area contributed by atoms with Gasteiger partial charge >= 0.3 is 5.97 Å². The van der Waals surface area contributed by atoms with Gasteiger partial charge in [-0.25, -0.2) is 27.1 Å². The van der Waals surface area contributed by atoms with Gasteiger partial charge in [-0.2, -0.15) is 0 Å². The molecule has 0 bridgehead atoms. The minimum atomic E-state index is -2.96. The van der Waals surface area contributed by atoms with E-state index in [9.17, 15) is 23.1 Å². The van der Waals surface area contributed by atoms with Gasteiger partial charge in [0.2, 0.25) is 5.92 Å². The third-order valence-electron chi connectivity index (χ3n) is 6.61. The van der Waals surface area contributed by atoms with E-state index in [1.54, 1.807) is 0 Å². The fourth-order valence-corrected chi connectivity index (χ4v) is 4.60. The molecule has 0 radical (unpaired) electrons. The van der Waals surface area contributed by atoms with E-state index in [1.807, 2.05) is 54.2 Å². The van der Waals surface area contributed by atoms with Crippen LogP contribution in [0.3, 0.4) is 0 Å². The van der Waals surface area contributed by atoms with Gasteiger partial charge in [0.05, 0.1) is 0 Å². The number of rotatable bonds is 8. The highest BCUT2D eigenvalue weighted by Gasteiger charge is 2.54. The fraction of sp³-hybridized carbons (Fsp3) is 0.385. The Labute approximate surface area is 212 Å². The number of esters is 1. The molecular weight excluding hydrogens is 525 g/mol. The Hall–Kier alpha value is -2.65. The average Bonchev–Trinajstić information content (AvgIpc) is 3.36. The minimum Gasteiger partial charge on any atom is -1.00 e. The zero-order valence-corrected chi connectivity index (χ0v) is 20.9. The number of aromatic nitrogens is 2. The van der Waals surface area contributed by atoms with Crippen LogP contribution in [0, 0.1) is 18.7 Å². The van der Waals surface area contributed by atoms with Crippen molar-refractivity contribution < 1.29 is 49.4 Å². The number of hydrogen-bond donors (Lipinski definition) is 1. The topological polar surface area (TPSA) is 55.3 Å². The third kappa shape index (κ3) is 5.95. The molecule has 188 valence electrons. The van der Waals surface area contributed by atoms with E-state index < -0.39 is 42.1 Å². The van der Waals surface area contributed by atoms with Gasteiger partial charge in [0, 0.05) is 25.7 Å². The summed E-state index contributed by atoms with van der Waals surface area (Å²) in [7, 11) is 0. The first kappa shape index (κ1) is 26.9. The molecule has 2 atom stereocenters. The lowest BCUT2D eigenvalue weighted by Gasteiger charge is -2.32. The van der Waals surface area contributed by atoms with Gasteiger partial charge in [0.1, 0.15) is 37.9 Å². The summed E-state index contributed by atoms with van der Waals surface area (Å²) in [4.78, 5) is 13.0. The highest BCUT2D eigenvalue weighted by molar-refractivity contribution is 5.81. The van der Waals surface area contributed by atoms with Crippen LogP contribution in [0.15, 0.2) is 67.0 Å². The number of imidazole rings is 1. The van der Waals surface area contributed by atoms with Crippen LogP contribution in [0.1, 0.15) is 36.2 Å². The van der Waals surface area contributed by atoms with Crippen LogP contribution in [0.25, 0.3) is 0 Å². The molecule has 35 heavy (non-hydrogen) atoms. The van der Waals surface area contributed by atoms with E-state index in [-0.39, 0.29) is 35.6 Å². The van der Waals surface area contributed by atoms with Crippen molar-refractivity contribution in [1.82, 2.24) is 4.57 Å². The second-order valence-electron chi connectivity index (χ2n) is 8.86. The largest absolute Gasteiger partial charge is 1.00 e. The summed E-state index contributed by atoms with van der Waals surface area (Å²) in [6, 6.07) is 14.7. The Balaban J connectivity index is 0.00000342. The molecule has 0 spiro atoms. The van der Waals surface area contributed by atoms with Crippen LogP contribution in [0.2, 0.25) is 0 Å². The van der Waals surface area contributed by atoms with Crippen LogP contribution in [-0.4, -0.2) is 28.2 Å². The number of nitrogens with zero attached hydrogens (tertiary/aromatic N) is 2. The smallest absolute Gasteiger partial charge is 0.343 e. The van der Waals surface area contributed by atoms with Gasteiger partial charge in [-0.15, -0.1) is 0 Å². The van der Waals surface area contributed by atoms with Crippen LogP contribution >= 0.6 is 0 Å². The molecule has 1 fully saturated rings. The zero-order valence-electron chi connectivity index (χ0n) is 19.3. The van der Waals surface area contributed by atoms with Crippen molar-refractivity contribution in [3.63, 3.8) is 0 Å². The summed E-state index contributed by atoms with van der Waals surface area (Å²) in [5.41, 5.74) is -1.07. The zero-order chi connectivity index (χ0) is 24.3. The number of alkyl halides is 2. The predicted molar refractivity (Wildman–Crippen MR) is 118 cm³/mol.